The molecule has 1 atom stereocenters. The minimum Gasteiger partial charge on any atom is -0.274 e. The van der Waals surface area contributed by atoms with Crippen LogP contribution >= 0.6 is 11.6 Å². The van der Waals surface area contributed by atoms with Crippen LogP contribution in [0.25, 0.3) is 0 Å². The minimum absolute atomic E-state index is 0.0432. The summed E-state index contributed by atoms with van der Waals surface area (Å²) >= 11 is 5.90. The van der Waals surface area contributed by atoms with Gasteiger partial charge in [0.2, 0.25) is 15.9 Å². The van der Waals surface area contributed by atoms with Crippen molar-refractivity contribution < 1.29 is 22.4 Å². The molecule has 0 aliphatic carbocycles. The number of imide groups is 1. The zero-order valence-electron chi connectivity index (χ0n) is 16.7. The van der Waals surface area contributed by atoms with Crippen LogP contribution in [0.4, 0.5) is 10.1 Å². The lowest BCUT2D eigenvalue weighted by Gasteiger charge is -2.27. The van der Waals surface area contributed by atoms with Crippen molar-refractivity contribution in [3.8, 4) is 0 Å². The minimum atomic E-state index is -4.15. The van der Waals surface area contributed by atoms with Crippen LogP contribution in [0.5, 0.6) is 0 Å². The van der Waals surface area contributed by atoms with Crippen LogP contribution in [0.1, 0.15) is 12.0 Å². The molecule has 9 heteroatoms. The molecule has 2 amide bonds. The van der Waals surface area contributed by atoms with E-state index >= 15 is 0 Å². The standard InChI is InChI=1S/C23H18ClFN2O4S/c24-17-6-12-20(13-7-17)32(30,31)26(15-16-4-2-1-3-5-16)21-14-22(28)27(23(21)29)19-10-8-18(25)9-11-19/h1-13,21H,14-15H2. The van der Waals surface area contributed by atoms with Crippen molar-refractivity contribution in [1.82, 2.24) is 4.31 Å². The van der Waals surface area contributed by atoms with Crippen molar-refractivity contribution in [3.05, 3.63) is 95.3 Å². The van der Waals surface area contributed by atoms with Gasteiger partial charge in [-0.15, -0.1) is 0 Å². The molecular formula is C23H18ClFN2O4S. The topological polar surface area (TPSA) is 74.8 Å². The second-order valence-electron chi connectivity index (χ2n) is 7.25. The molecule has 3 aromatic carbocycles. The molecule has 4 rings (SSSR count). The highest BCUT2D eigenvalue weighted by molar-refractivity contribution is 7.89. The number of carbonyl (C=O) groups excluding carboxylic acids is 2. The molecule has 0 N–H and O–H groups in total. The number of benzene rings is 3. The molecule has 1 heterocycles. The molecule has 0 radical (unpaired) electrons. The maximum Gasteiger partial charge on any atom is 0.252 e. The van der Waals surface area contributed by atoms with Gasteiger partial charge in [-0.3, -0.25) is 9.59 Å². The van der Waals surface area contributed by atoms with Crippen molar-refractivity contribution in [2.24, 2.45) is 0 Å². The summed E-state index contributed by atoms with van der Waals surface area (Å²) in [6.07, 6.45) is -0.324. The van der Waals surface area contributed by atoms with E-state index in [0.29, 0.717) is 10.6 Å². The molecule has 0 bridgehead atoms. The first-order valence-corrected chi connectivity index (χ1v) is 11.5. The Labute approximate surface area is 189 Å². The second kappa shape index (κ2) is 8.82. The Bertz CT molecular complexity index is 1250. The Kier molecular flexibility index (Phi) is 6.10. The van der Waals surface area contributed by atoms with E-state index in [4.69, 9.17) is 11.6 Å². The third-order valence-corrected chi connectivity index (χ3v) is 7.28. The molecule has 0 saturated carbocycles. The van der Waals surface area contributed by atoms with E-state index in [-0.39, 0.29) is 23.5 Å². The first-order chi connectivity index (χ1) is 15.3. The van der Waals surface area contributed by atoms with Gasteiger partial charge in [-0.1, -0.05) is 41.9 Å². The van der Waals surface area contributed by atoms with Crippen molar-refractivity contribution in [2.75, 3.05) is 4.90 Å². The summed E-state index contributed by atoms with van der Waals surface area (Å²) < 4.78 is 41.4. The number of halogens is 2. The van der Waals surface area contributed by atoms with Gasteiger partial charge < -0.3 is 0 Å². The fourth-order valence-corrected chi connectivity index (χ4v) is 5.27. The third kappa shape index (κ3) is 4.29. The quantitative estimate of drug-likeness (QED) is 0.508. The maximum absolute atomic E-state index is 13.5. The molecule has 1 saturated heterocycles. The summed E-state index contributed by atoms with van der Waals surface area (Å²) in [6.45, 7) is -0.104. The average Bonchev–Trinajstić information content (AvgIpc) is 3.07. The fourth-order valence-electron chi connectivity index (χ4n) is 3.57. The fraction of sp³-hybridized carbons (Fsp3) is 0.130. The molecule has 6 nitrogen and oxygen atoms in total. The van der Waals surface area contributed by atoms with Crippen molar-refractivity contribution in [3.63, 3.8) is 0 Å². The molecule has 1 unspecified atom stereocenters. The second-order valence-corrected chi connectivity index (χ2v) is 9.58. The molecule has 1 fully saturated rings. The molecule has 1 aliphatic rings. The number of anilines is 1. The average molecular weight is 473 g/mol. The number of hydrogen-bond acceptors (Lipinski definition) is 4. The van der Waals surface area contributed by atoms with E-state index in [1.165, 1.54) is 36.4 Å². The van der Waals surface area contributed by atoms with Crippen LogP contribution in [0.2, 0.25) is 5.02 Å². The number of hydrogen-bond donors (Lipinski definition) is 0. The summed E-state index contributed by atoms with van der Waals surface area (Å²) in [6, 6.07) is 18.0. The monoisotopic (exact) mass is 472 g/mol. The summed E-state index contributed by atoms with van der Waals surface area (Å²) in [5.74, 6) is -1.76. The van der Waals surface area contributed by atoms with Gasteiger partial charge in [0.1, 0.15) is 11.9 Å². The third-order valence-electron chi connectivity index (χ3n) is 5.16. The van der Waals surface area contributed by atoms with Gasteiger partial charge in [0.25, 0.3) is 5.91 Å². The predicted octanol–water partition coefficient (Wildman–Crippen LogP) is 4.00. The van der Waals surface area contributed by atoms with E-state index in [2.05, 4.69) is 0 Å². The highest BCUT2D eigenvalue weighted by Crippen LogP contribution is 2.31. The van der Waals surface area contributed by atoms with Crippen molar-refractivity contribution in [1.29, 1.82) is 0 Å². The van der Waals surface area contributed by atoms with Crippen LogP contribution in [-0.4, -0.2) is 30.6 Å². The highest BCUT2D eigenvalue weighted by atomic mass is 35.5. The van der Waals surface area contributed by atoms with E-state index in [1.807, 2.05) is 0 Å². The largest absolute Gasteiger partial charge is 0.274 e. The van der Waals surface area contributed by atoms with E-state index in [9.17, 15) is 22.4 Å². The molecule has 0 spiro atoms. The number of rotatable bonds is 6. The zero-order chi connectivity index (χ0) is 22.9. The summed E-state index contributed by atoms with van der Waals surface area (Å²) in [5, 5.41) is 0.369. The van der Waals surface area contributed by atoms with Crippen LogP contribution in [0.15, 0.2) is 83.8 Å². The SMILES string of the molecule is O=C1CC(N(Cc2ccccc2)S(=O)(=O)c2ccc(Cl)cc2)C(=O)N1c1ccc(F)cc1. The molecular weight excluding hydrogens is 455 g/mol. The van der Waals surface area contributed by atoms with Gasteiger partial charge in [-0.25, -0.2) is 17.7 Å². The van der Waals surface area contributed by atoms with Gasteiger partial charge in [-0.2, -0.15) is 4.31 Å². The zero-order valence-corrected chi connectivity index (χ0v) is 18.3. The van der Waals surface area contributed by atoms with Gasteiger partial charge >= 0.3 is 0 Å². The Balaban J connectivity index is 1.74. The molecule has 32 heavy (non-hydrogen) atoms. The summed E-state index contributed by atoms with van der Waals surface area (Å²) in [4.78, 5) is 26.8. The Morgan fingerprint density at radius 3 is 2.19 bits per heavy atom. The highest BCUT2D eigenvalue weighted by Gasteiger charge is 2.47. The number of amides is 2. The lowest BCUT2D eigenvalue weighted by molar-refractivity contribution is -0.122. The Morgan fingerprint density at radius 1 is 0.938 bits per heavy atom. The van der Waals surface area contributed by atoms with Crippen LogP contribution in [-0.2, 0) is 26.2 Å². The Hall–Kier alpha value is -3.07. The first kappa shape index (κ1) is 22.1. The summed E-state index contributed by atoms with van der Waals surface area (Å²) in [7, 11) is -4.15. The lowest BCUT2D eigenvalue weighted by atomic mass is 10.2. The summed E-state index contributed by atoms with van der Waals surface area (Å²) in [5.41, 5.74) is 0.845. The van der Waals surface area contributed by atoms with Gasteiger partial charge in [-0.05, 0) is 54.1 Å². The molecule has 0 aromatic heterocycles. The molecule has 164 valence electrons. The van der Waals surface area contributed by atoms with Gasteiger partial charge in [0.15, 0.2) is 0 Å². The van der Waals surface area contributed by atoms with E-state index in [0.717, 1.165) is 21.3 Å². The van der Waals surface area contributed by atoms with Gasteiger partial charge in [0, 0.05) is 11.6 Å². The van der Waals surface area contributed by atoms with Crippen molar-refractivity contribution >= 4 is 39.1 Å². The van der Waals surface area contributed by atoms with E-state index < -0.39 is 33.7 Å². The normalized spacial score (nSPS) is 16.7. The van der Waals surface area contributed by atoms with Crippen molar-refractivity contribution in [2.45, 2.75) is 23.9 Å². The first-order valence-electron chi connectivity index (χ1n) is 9.71. The van der Waals surface area contributed by atoms with Crippen LogP contribution in [0.3, 0.4) is 0 Å². The molecule has 1 aliphatic heterocycles. The smallest absolute Gasteiger partial charge is 0.252 e. The number of carbonyl (C=O) groups is 2. The van der Waals surface area contributed by atoms with Crippen LogP contribution in [0, 0.1) is 5.82 Å². The Morgan fingerprint density at radius 2 is 1.56 bits per heavy atom. The molecule has 3 aromatic rings. The number of sulfonamides is 1. The number of nitrogens with zero attached hydrogens (tertiary/aromatic N) is 2. The lowest BCUT2D eigenvalue weighted by Crippen LogP contribution is -2.45. The van der Waals surface area contributed by atoms with Gasteiger partial charge in [0.05, 0.1) is 17.0 Å². The maximum atomic E-state index is 13.5. The van der Waals surface area contributed by atoms with E-state index in [1.54, 1.807) is 30.3 Å². The van der Waals surface area contributed by atoms with Crippen LogP contribution < -0.4 is 4.90 Å². The predicted molar refractivity (Wildman–Crippen MR) is 118 cm³/mol.